The van der Waals surface area contributed by atoms with Gasteiger partial charge in [0, 0.05) is 36.3 Å². The second-order valence-corrected chi connectivity index (χ2v) is 13.7. The third-order valence-electron chi connectivity index (χ3n) is 9.87. The van der Waals surface area contributed by atoms with E-state index in [2.05, 4.69) is 56.1 Å². The molecule has 0 bridgehead atoms. The van der Waals surface area contributed by atoms with Gasteiger partial charge in [-0.2, -0.15) is 5.10 Å². The topological polar surface area (TPSA) is 123 Å². The fourth-order valence-corrected chi connectivity index (χ4v) is 7.38. The van der Waals surface area contributed by atoms with Gasteiger partial charge < -0.3 is 10.2 Å². The highest BCUT2D eigenvalue weighted by Crippen LogP contribution is 2.64. The van der Waals surface area contributed by atoms with Crippen LogP contribution < -0.4 is 5.32 Å². The number of benzene rings is 1. The number of amides is 2. The van der Waals surface area contributed by atoms with Crippen molar-refractivity contribution < 1.29 is 14.4 Å². The van der Waals surface area contributed by atoms with Gasteiger partial charge >= 0.3 is 0 Å². The molecule has 2 aliphatic carbocycles. The maximum Gasteiger partial charge on any atom is 0.248 e. The number of nitrogens with one attached hydrogen (secondary N) is 1. The van der Waals surface area contributed by atoms with Crippen LogP contribution in [0.15, 0.2) is 41.3 Å². The predicted molar refractivity (Wildman–Crippen MR) is 169 cm³/mol. The average Bonchev–Trinajstić information content (AvgIpc) is 3.83. The van der Waals surface area contributed by atoms with Gasteiger partial charge in [-0.15, -0.1) is 0 Å². The summed E-state index contributed by atoms with van der Waals surface area (Å²) in [6.45, 7) is 9.46. The molecule has 4 heterocycles. The van der Waals surface area contributed by atoms with Gasteiger partial charge in [0.25, 0.3) is 0 Å². The van der Waals surface area contributed by atoms with Crippen molar-refractivity contribution in [1.82, 2.24) is 29.6 Å². The molecule has 1 aliphatic heterocycles. The zero-order valence-electron chi connectivity index (χ0n) is 25.4. The van der Waals surface area contributed by atoms with E-state index < -0.39 is 6.04 Å². The standard InChI is InChI=1S/C33H34BrN7O3/c1-16-6-9-26(34)37-31(16)38-32(44)25-12-33(5)17(2)30(33)41(25)27(43)15-40-29-23(20-7-8-20)10-21(22-13-35-19(4)36-14-22)11-24(29)28(39-40)18(3)42/h6,9-11,13-14,17,20,25,30H,7-8,12,15H2,1-5H3,(H,37,38,44)/t17-,25+,30?,33-/m1/s1. The Hall–Kier alpha value is -3.99. The van der Waals surface area contributed by atoms with E-state index in [9.17, 15) is 14.4 Å². The quantitative estimate of drug-likeness (QED) is 0.203. The molecule has 1 unspecified atom stereocenters. The molecule has 4 aromatic rings. The minimum Gasteiger partial charge on any atom is -0.325 e. The normalized spacial score (nSPS) is 24.0. The van der Waals surface area contributed by atoms with Gasteiger partial charge in [-0.25, -0.2) is 15.0 Å². The Morgan fingerprint density at radius 3 is 2.50 bits per heavy atom. The van der Waals surface area contributed by atoms with Crippen LogP contribution in [0.5, 0.6) is 0 Å². The summed E-state index contributed by atoms with van der Waals surface area (Å²) in [5.74, 6) is 1.18. The van der Waals surface area contributed by atoms with E-state index in [1.54, 1.807) is 22.0 Å². The molecule has 3 aliphatic rings. The van der Waals surface area contributed by atoms with Gasteiger partial charge in [0.15, 0.2) is 5.78 Å². The van der Waals surface area contributed by atoms with Gasteiger partial charge in [0.1, 0.15) is 34.5 Å². The number of pyridine rings is 1. The van der Waals surface area contributed by atoms with Crippen molar-refractivity contribution in [3.63, 3.8) is 0 Å². The number of carbonyl (C=O) groups excluding carboxylic acids is 3. The first-order chi connectivity index (χ1) is 21.0. The average molecular weight is 657 g/mol. The molecule has 3 aromatic heterocycles. The summed E-state index contributed by atoms with van der Waals surface area (Å²) in [7, 11) is 0. The number of hydrogen-bond donors (Lipinski definition) is 1. The van der Waals surface area contributed by atoms with Gasteiger partial charge in [-0.05, 0) is 101 Å². The number of halogens is 1. The number of aryl methyl sites for hydroxylation is 2. The molecule has 4 atom stereocenters. The van der Waals surface area contributed by atoms with E-state index in [1.165, 1.54) is 6.92 Å². The zero-order chi connectivity index (χ0) is 31.1. The largest absolute Gasteiger partial charge is 0.325 e. The fourth-order valence-electron chi connectivity index (χ4n) is 7.07. The van der Waals surface area contributed by atoms with Crippen LogP contribution in [0.25, 0.3) is 22.0 Å². The van der Waals surface area contributed by atoms with E-state index >= 15 is 0 Å². The molecule has 7 rings (SSSR count). The number of aromatic nitrogens is 5. The van der Waals surface area contributed by atoms with Crippen molar-refractivity contribution in [3.8, 4) is 11.1 Å². The summed E-state index contributed by atoms with van der Waals surface area (Å²) in [6, 6.07) is 7.13. The van der Waals surface area contributed by atoms with Crippen LogP contribution in [0.2, 0.25) is 0 Å². The smallest absolute Gasteiger partial charge is 0.248 e. The van der Waals surface area contributed by atoms with Crippen molar-refractivity contribution >= 4 is 50.2 Å². The van der Waals surface area contributed by atoms with Crippen molar-refractivity contribution in [2.45, 2.75) is 78.4 Å². The lowest BCUT2D eigenvalue weighted by Gasteiger charge is -2.28. The highest BCUT2D eigenvalue weighted by atomic mass is 79.9. The molecule has 1 saturated heterocycles. The van der Waals surface area contributed by atoms with E-state index in [0.29, 0.717) is 34.3 Å². The first-order valence-corrected chi connectivity index (χ1v) is 15.8. The maximum atomic E-state index is 14.2. The van der Waals surface area contributed by atoms with E-state index in [1.807, 2.05) is 32.0 Å². The molecule has 11 heteroatoms. The SMILES string of the molecule is CC(=O)c1nn(CC(=O)N2C3[C@@H](C)[C@@]3(C)C[C@H]2C(=O)Nc2nc(Br)ccc2C)c2c(C3CC3)cc(-c3cnc(C)nc3)cc12. The van der Waals surface area contributed by atoms with Crippen molar-refractivity contribution in [3.05, 3.63) is 63.9 Å². The highest BCUT2D eigenvalue weighted by Gasteiger charge is 2.70. The molecular formula is C33H34BrN7O3. The van der Waals surface area contributed by atoms with Crippen molar-refractivity contribution in [2.24, 2.45) is 11.3 Å². The highest BCUT2D eigenvalue weighted by molar-refractivity contribution is 9.10. The number of rotatable bonds is 7. The molecule has 10 nitrogen and oxygen atoms in total. The molecule has 0 spiro atoms. The second kappa shape index (κ2) is 10.3. The van der Waals surface area contributed by atoms with Crippen LogP contribution >= 0.6 is 15.9 Å². The number of hydrogen-bond acceptors (Lipinski definition) is 7. The Bertz CT molecular complexity index is 1870. The molecule has 44 heavy (non-hydrogen) atoms. The van der Waals surface area contributed by atoms with Crippen LogP contribution in [0, 0.1) is 25.2 Å². The molecule has 2 amide bonds. The van der Waals surface area contributed by atoms with Gasteiger partial charge in [0.05, 0.1) is 5.52 Å². The molecule has 226 valence electrons. The van der Waals surface area contributed by atoms with E-state index in [-0.39, 0.29) is 41.5 Å². The van der Waals surface area contributed by atoms with Crippen LogP contribution in [0.4, 0.5) is 5.82 Å². The van der Waals surface area contributed by atoms with E-state index in [4.69, 9.17) is 5.10 Å². The molecule has 2 saturated carbocycles. The Morgan fingerprint density at radius 1 is 1.09 bits per heavy atom. The summed E-state index contributed by atoms with van der Waals surface area (Å²) in [5, 5.41) is 8.42. The summed E-state index contributed by atoms with van der Waals surface area (Å²) in [4.78, 5) is 55.7. The van der Waals surface area contributed by atoms with Gasteiger partial charge in [0.2, 0.25) is 11.8 Å². The second-order valence-electron chi connectivity index (χ2n) is 12.9. The molecule has 0 radical (unpaired) electrons. The number of piperidine rings is 1. The van der Waals surface area contributed by atoms with Crippen LogP contribution in [0.1, 0.15) is 73.4 Å². The molecular weight excluding hydrogens is 622 g/mol. The number of nitrogens with zero attached hydrogens (tertiary/aromatic N) is 6. The Balaban J connectivity index is 1.25. The van der Waals surface area contributed by atoms with Crippen LogP contribution in [0.3, 0.4) is 0 Å². The third-order valence-corrected chi connectivity index (χ3v) is 10.3. The zero-order valence-corrected chi connectivity index (χ0v) is 27.0. The number of likely N-dealkylation sites (tertiary alicyclic amines) is 1. The summed E-state index contributed by atoms with van der Waals surface area (Å²) >= 11 is 3.38. The summed E-state index contributed by atoms with van der Waals surface area (Å²) in [5.41, 5.74) is 4.71. The lowest BCUT2D eigenvalue weighted by Crippen LogP contribution is -2.47. The number of Topliss-reactive ketones (excluding diaryl/α,β-unsaturated/α-hetero) is 1. The predicted octanol–water partition coefficient (Wildman–Crippen LogP) is 5.61. The Morgan fingerprint density at radius 2 is 1.82 bits per heavy atom. The van der Waals surface area contributed by atoms with Gasteiger partial charge in [-0.1, -0.05) is 19.9 Å². The van der Waals surface area contributed by atoms with Crippen molar-refractivity contribution in [1.29, 1.82) is 0 Å². The minimum atomic E-state index is -0.626. The maximum absolute atomic E-state index is 14.2. The van der Waals surface area contributed by atoms with Crippen molar-refractivity contribution in [2.75, 3.05) is 5.32 Å². The third kappa shape index (κ3) is 4.72. The van der Waals surface area contributed by atoms with E-state index in [0.717, 1.165) is 46.0 Å². The lowest BCUT2D eigenvalue weighted by atomic mass is 9.98. The lowest BCUT2D eigenvalue weighted by molar-refractivity contribution is -0.138. The summed E-state index contributed by atoms with van der Waals surface area (Å²) < 4.78 is 2.31. The molecule has 3 fully saturated rings. The fraction of sp³-hybridized carbons (Fsp3) is 0.424. The monoisotopic (exact) mass is 655 g/mol. The van der Waals surface area contributed by atoms with Gasteiger partial charge in [-0.3, -0.25) is 19.1 Å². The Kier molecular flexibility index (Phi) is 6.73. The molecule has 1 aromatic carbocycles. The Labute approximate surface area is 263 Å². The van der Waals surface area contributed by atoms with Crippen LogP contribution in [-0.2, 0) is 16.1 Å². The number of ketones is 1. The number of anilines is 1. The van der Waals surface area contributed by atoms with Crippen LogP contribution in [-0.4, -0.2) is 59.3 Å². The number of carbonyl (C=O) groups is 3. The summed E-state index contributed by atoms with van der Waals surface area (Å²) in [6.07, 6.45) is 6.23. The first kappa shape index (κ1) is 28.8. The number of fused-ring (bicyclic) bond motifs is 2. The minimum absolute atomic E-state index is 0.0348. The first-order valence-electron chi connectivity index (χ1n) is 15.1. The molecule has 1 N–H and O–H groups in total.